The van der Waals surface area contributed by atoms with Gasteiger partial charge in [0.25, 0.3) is 0 Å². The van der Waals surface area contributed by atoms with Gasteiger partial charge in [-0.3, -0.25) is 4.79 Å². The molecule has 0 aromatic heterocycles. The van der Waals surface area contributed by atoms with Crippen LogP contribution in [0.25, 0.3) is 0 Å². The van der Waals surface area contributed by atoms with Gasteiger partial charge >= 0.3 is 0 Å². The summed E-state index contributed by atoms with van der Waals surface area (Å²) in [5.41, 5.74) is 0. The molecule has 2 aliphatic rings. The van der Waals surface area contributed by atoms with Crippen molar-refractivity contribution in [2.45, 2.75) is 44.6 Å². The largest absolute Gasteiger partial charge is 0.396 e. The number of likely N-dealkylation sites (tertiary alicyclic amines) is 1. The van der Waals surface area contributed by atoms with E-state index in [9.17, 15) is 9.90 Å². The van der Waals surface area contributed by atoms with E-state index in [1.165, 1.54) is 25.7 Å². The van der Waals surface area contributed by atoms with E-state index >= 15 is 0 Å². The molecule has 4 nitrogen and oxygen atoms in total. The molecule has 1 N–H and O–H groups in total. The van der Waals surface area contributed by atoms with Gasteiger partial charge in [0.15, 0.2) is 0 Å². The van der Waals surface area contributed by atoms with Crippen LogP contribution >= 0.6 is 0 Å². The van der Waals surface area contributed by atoms with Crippen molar-refractivity contribution in [2.24, 2.45) is 11.8 Å². The van der Waals surface area contributed by atoms with Gasteiger partial charge in [-0.05, 0) is 26.4 Å². The van der Waals surface area contributed by atoms with E-state index in [0.717, 1.165) is 25.4 Å². The van der Waals surface area contributed by atoms with Crippen LogP contribution in [0.1, 0.15) is 38.5 Å². The lowest BCUT2D eigenvalue weighted by atomic mass is 10.0. The monoisotopic (exact) mass is 268 g/mol. The maximum Gasteiger partial charge on any atom is 0.222 e. The fourth-order valence-corrected chi connectivity index (χ4v) is 3.61. The summed E-state index contributed by atoms with van der Waals surface area (Å²) in [6.45, 7) is 1.68. The predicted molar refractivity (Wildman–Crippen MR) is 75.8 cm³/mol. The number of amides is 1. The van der Waals surface area contributed by atoms with Crippen LogP contribution in [0.3, 0.4) is 0 Å². The predicted octanol–water partition coefficient (Wildman–Crippen LogP) is 1.34. The minimum atomic E-state index is 0.176. The van der Waals surface area contributed by atoms with Crippen molar-refractivity contribution in [3.63, 3.8) is 0 Å². The molecule has 110 valence electrons. The number of hydrogen-bond acceptors (Lipinski definition) is 3. The third-order valence-electron chi connectivity index (χ3n) is 4.90. The molecule has 0 unspecified atom stereocenters. The van der Waals surface area contributed by atoms with Crippen molar-refractivity contribution in [2.75, 3.05) is 33.8 Å². The molecule has 0 aromatic carbocycles. The van der Waals surface area contributed by atoms with Crippen LogP contribution < -0.4 is 0 Å². The van der Waals surface area contributed by atoms with Crippen LogP contribution in [-0.4, -0.2) is 60.6 Å². The molecule has 1 aliphatic heterocycles. The second-order valence-electron chi connectivity index (χ2n) is 6.46. The molecule has 1 saturated heterocycles. The van der Waals surface area contributed by atoms with Crippen molar-refractivity contribution in [3.05, 3.63) is 0 Å². The maximum atomic E-state index is 12.3. The normalized spacial score (nSPS) is 28.5. The van der Waals surface area contributed by atoms with E-state index in [1.54, 1.807) is 0 Å². The number of aliphatic hydroxyl groups excluding tert-OH is 1. The smallest absolute Gasteiger partial charge is 0.222 e. The Morgan fingerprint density at radius 3 is 2.47 bits per heavy atom. The SMILES string of the molecule is CN(C)[C@@H]1CN(C(=O)CCC2CCCC2)C[C@H]1CO. The van der Waals surface area contributed by atoms with Crippen LogP contribution in [0, 0.1) is 11.8 Å². The van der Waals surface area contributed by atoms with E-state index in [2.05, 4.69) is 4.90 Å². The highest BCUT2D eigenvalue weighted by Gasteiger charge is 2.35. The summed E-state index contributed by atoms with van der Waals surface area (Å²) in [4.78, 5) is 16.3. The molecule has 2 fully saturated rings. The Morgan fingerprint density at radius 1 is 1.26 bits per heavy atom. The Hall–Kier alpha value is -0.610. The number of carbonyl (C=O) groups excluding carboxylic acids is 1. The summed E-state index contributed by atoms with van der Waals surface area (Å²) in [5, 5.41) is 9.42. The zero-order valence-electron chi connectivity index (χ0n) is 12.3. The lowest BCUT2D eigenvalue weighted by molar-refractivity contribution is -0.130. The summed E-state index contributed by atoms with van der Waals surface area (Å²) >= 11 is 0. The average Bonchev–Trinajstić information content (AvgIpc) is 3.04. The molecule has 1 saturated carbocycles. The number of hydrogen-bond donors (Lipinski definition) is 1. The Labute approximate surface area is 116 Å². The highest BCUT2D eigenvalue weighted by Crippen LogP contribution is 2.29. The zero-order chi connectivity index (χ0) is 13.8. The lowest BCUT2D eigenvalue weighted by Crippen LogP contribution is -2.37. The van der Waals surface area contributed by atoms with E-state index in [0.29, 0.717) is 12.5 Å². The average molecular weight is 268 g/mol. The molecule has 19 heavy (non-hydrogen) atoms. The van der Waals surface area contributed by atoms with Crippen molar-refractivity contribution in [1.82, 2.24) is 9.80 Å². The Kier molecular flexibility index (Phi) is 5.22. The first-order chi connectivity index (χ1) is 9.11. The molecule has 4 heteroatoms. The van der Waals surface area contributed by atoms with Crippen molar-refractivity contribution in [1.29, 1.82) is 0 Å². The first kappa shape index (κ1) is 14.8. The number of nitrogens with zero attached hydrogens (tertiary/aromatic N) is 2. The van der Waals surface area contributed by atoms with Gasteiger partial charge in [-0.15, -0.1) is 0 Å². The number of carbonyl (C=O) groups is 1. The van der Waals surface area contributed by atoms with Crippen molar-refractivity contribution in [3.8, 4) is 0 Å². The molecular weight excluding hydrogens is 240 g/mol. The fraction of sp³-hybridized carbons (Fsp3) is 0.933. The van der Waals surface area contributed by atoms with Gasteiger partial charge in [0, 0.05) is 38.1 Å². The quantitative estimate of drug-likeness (QED) is 0.818. The Bertz CT molecular complexity index is 301. The number of rotatable bonds is 5. The highest BCUT2D eigenvalue weighted by molar-refractivity contribution is 5.76. The van der Waals surface area contributed by atoms with E-state index < -0.39 is 0 Å². The second kappa shape index (κ2) is 6.71. The van der Waals surface area contributed by atoms with Gasteiger partial charge in [0.05, 0.1) is 0 Å². The van der Waals surface area contributed by atoms with Crippen LogP contribution in [0.5, 0.6) is 0 Å². The molecule has 0 aromatic rings. The Morgan fingerprint density at radius 2 is 1.95 bits per heavy atom. The van der Waals surface area contributed by atoms with Crippen LogP contribution in [0.15, 0.2) is 0 Å². The first-order valence-corrected chi connectivity index (χ1v) is 7.67. The molecule has 1 amide bonds. The standard InChI is InChI=1S/C15H28N2O2/c1-16(2)14-10-17(9-13(14)11-18)15(19)8-7-12-5-3-4-6-12/h12-14,18H,3-11H2,1-2H3/t13-,14+/m0/s1. The summed E-state index contributed by atoms with van der Waals surface area (Å²) in [5.74, 6) is 1.28. The number of aliphatic hydroxyl groups is 1. The van der Waals surface area contributed by atoms with Gasteiger partial charge in [0.1, 0.15) is 0 Å². The summed E-state index contributed by atoms with van der Waals surface area (Å²) in [7, 11) is 4.06. The third-order valence-corrected chi connectivity index (χ3v) is 4.90. The van der Waals surface area contributed by atoms with Crippen LogP contribution in [0.2, 0.25) is 0 Å². The number of likely N-dealkylation sites (N-methyl/N-ethyl adjacent to an activating group) is 1. The zero-order valence-corrected chi connectivity index (χ0v) is 12.3. The maximum absolute atomic E-state index is 12.3. The first-order valence-electron chi connectivity index (χ1n) is 7.67. The summed E-state index contributed by atoms with van der Waals surface area (Å²) in [6.07, 6.45) is 7.07. The third kappa shape index (κ3) is 3.69. The minimum Gasteiger partial charge on any atom is -0.396 e. The van der Waals surface area contributed by atoms with Gasteiger partial charge < -0.3 is 14.9 Å². The molecule has 2 atom stereocenters. The minimum absolute atomic E-state index is 0.176. The van der Waals surface area contributed by atoms with Gasteiger partial charge in [-0.1, -0.05) is 25.7 Å². The van der Waals surface area contributed by atoms with Crippen molar-refractivity contribution >= 4 is 5.91 Å². The molecule has 1 aliphatic carbocycles. The molecule has 2 rings (SSSR count). The van der Waals surface area contributed by atoms with Crippen molar-refractivity contribution < 1.29 is 9.90 Å². The lowest BCUT2D eigenvalue weighted by Gasteiger charge is -2.23. The van der Waals surface area contributed by atoms with Gasteiger partial charge in [0.2, 0.25) is 5.91 Å². The topological polar surface area (TPSA) is 43.8 Å². The van der Waals surface area contributed by atoms with E-state index in [-0.39, 0.29) is 18.4 Å². The van der Waals surface area contributed by atoms with Gasteiger partial charge in [-0.25, -0.2) is 0 Å². The fourth-order valence-electron chi connectivity index (χ4n) is 3.61. The highest BCUT2D eigenvalue weighted by atomic mass is 16.3. The molecule has 0 radical (unpaired) electrons. The Balaban J connectivity index is 1.79. The van der Waals surface area contributed by atoms with Crippen LogP contribution in [0.4, 0.5) is 0 Å². The van der Waals surface area contributed by atoms with E-state index in [4.69, 9.17) is 0 Å². The van der Waals surface area contributed by atoms with Gasteiger partial charge in [-0.2, -0.15) is 0 Å². The summed E-state index contributed by atoms with van der Waals surface area (Å²) in [6, 6.07) is 0.306. The summed E-state index contributed by atoms with van der Waals surface area (Å²) < 4.78 is 0. The molecule has 0 spiro atoms. The van der Waals surface area contributed by atoms with E-state index in [1.807, 2.05) is 19.0 Å². The second-order valence-corrected chi connectivity index (χ2v) is 6.46. The molecule has 0 bridgehead atoms. The van der Waals surface area contributed by atoms with Crippen LogP contribution in [-0.2, 0) is 4.79 Å². The molecular formula is C15H28N2O2. The molecule has 1 heterocycles.